The first-order valence-corrected chi connectivity index (χ1v) is 13.0. The molecule has 1 aliphatic rings. The summed E-state index contributed by atoms with van der Waals surface area (Å²) in [4.78, 5) is 38.6. The topological polar surface area (TPSA) is 114 Å². The second kappa shape index (κ2) is 11.9. The highest BCUT2D eigenvalue weighted by atomic mass is 32.2. The average molecular weight is 486 g/mol. The lowest BCUT2D eigenvalue weighted by molar-refractivity contribution is -0.150. The molecule has 8 nitrogen and oxygen atoms in total. The highest BCUT2D eigenvalue weighted by Crippen LogP contribution is 2.17. The van der Waals surface area contributed by atoms with Crippen LogP contribution in [-0.2, 0) is 35.5 Å². The van der Waals surface area contributed by atoms with Gasteiger partial charge in [-0.25, -0.2) is 9.00 Å². The van der Waals surface area contributed by atoms with Gasteiger partial charge in [-0.05, 0) is 43.0 Å². The van der Waals surface area contributed by atoms with Gasteiger partial charge in [0.25, 0.3) is 5.91 Å². The molecule has 182 valence electrons. The maximum absolute atomic E-state index is 13.8. The number of benzene rings is 2. The lowest BCUT2D eigenvalue weighted by atomic mass is 10.0. The van der Waals surface area contributed by atoms with E-state index < -0.39 is 45.3 Å². The molecule has 3 rings (SSSR count). The third kappa shape index (κ3) is 6.98. The summed E-state index contributed by atoms with van der Waals surface area (Å²) < 4.78 is 23.2. The molecule has 0 saturated carbocycles. The Balaban J connectivity index is 1.74. The Bertz CT molecular complexity index is 1110. The summed E-state index contributed by atoms with van der Waals surface area (Å²) in [6, 6.07) is 16.1. The van der Waals surface area contributed by atoms with Crippen molar-refractivity contribution in [2.45, 2.75) is 50.3 Å². The summed E-state index contributed by atoms with van der Waals surface area (Å²) in [6.45, 7) is 4.34. The Morgan fingerprint density at radius 3 is 2.32 bits per heavy atom. The van der Waals surface area contributed by atoms with E-state index in [1.807, 2.05) is 30.3 Å². The zero-order valence-electron chi connectivity index (χ0n) is 19.4. The molecule has 1 aliphatic heterocycles. The summed E-state index contributed by atoms with van der Waals surface area (Å²) in [5, 5.41) is 5.68. The zero-order valence-corrected chi connectivity index (χ0v) is 20.3. The van der Waals surface area contributed by atoms with Crippen molar-refractivity contribution in [3.63, 3.8) is 0 Å². The van der Waals surface area contributed by atoms with Crippen LogP contribution in [0.1, 0.15) is 32.3 Å². The predicted octanol–water partition coefficient (Wildman–Crippen LogP) is 2.68. The van der Waals surface area contributed by atoms with Crippen molar-refractivity contribution in [2.24, 2.45) is 10.3 Å². The zero-order chi connectivity index (χ0) is 24.6. The molecule has 0 aromatic heterocycles. The molecule has 34 heavy (non-hydrogen) atoms. The number of nitrogens with one attached hydrogen (secondary N) is 2. The summed E-state index contributed by atoms with van der Waals surface area (Å²) in [6.07, 6.45) is 1.45. The van der Waals surface area contributed by atoms with Crippen LogP contribution in [-0.4, -0.2) is 46.4 Å². The smallest absolute Gasteiger partial charge is 0.329 e. The largest absolute Gasteiger partial charge is 0.459 e. The van der Waals surface area contributed by atoms with Gasteiger partial charge < -0.3 is 15.4 Å². The van der Waals surface area contributed by atoms with Crippen molar-refractivity contribution < 1.29 is 23.3 Å². The quantitative estimate of drug-likeness (QED) is 0.528. The minimum atomic E-state index is -3.38. The summed E-state index contributed by atoms with van der Waals surface area (Å²) >= 11 is 0. The fourth-order valence-corrected chi connectivity index (χ4v) is 5.39. The second-order valence-corrected chi connectivity index (χ2v) is 10.8. The summed E-state index contributed by atoms with van der Waals surface area (Å²) in [5.41, 5.74) is 0.828. The van der Waals surface area contributed by atoms with E-state index in [1.165, 1.54) is 0 Å². The van der Waals surface area contributed by atoms with Crippen LogP contribution in [0, 0.1) is 5.92 Å². The Labute approximate surface area is 200 Å². The maximum Gasteiger partial charge on any atom is 0.329 e. The molecular weight excluding hydrogens is 454 g/mol. The number of hydrogen-bond donors (Lipinski definition) is 2. The van der Waals surface area contributed by atoms with Gasteiger partial charge in [0.15, 0.2) is 0 Å². The molecule has 0 aliphatic carbocycles. The number of carbonyl (C=O) groups excluding carboxylic acids is 3. The lowest BCUT2D eigenvalue weighted by Crippen LogP contribution is -2.47. The fraction of sp³-hybridized carbons (Fsp3) is 0.400. The van der Waals surface area contributed by atoms with Gasteiger partial charge in [-0.2, -0.15) is 4.36 Å². The van der Waals surface area contributed by atoms with Crippen LogP contribution < -0.4 is 10.6 Å². The minimum absolute atomic E-state index is 0.0811. The van der Waals surface area contributed by atoms with E-state index in [2.05, 4.69) is 15.0 Å². The van der Waals surface area contributed by atoms with E-state index in [-0.39, 0.29) is 12.5 Å². The Morgan fingerprint density at radius 1 is 1.09 bits per heavy atom. The molecule has 0 spiro atoms. The molecule has 1 fully saturated rings. The Morgan fingerprint density at radius 2 is 1.74 bits per heavy atom. The number of rotatable bonds is 9. The van der Waals surface area contributed by atoms with Gasteiger partial charge in [0.1, 0.15) is 18.4 Å². The third-order valence-electron chi connectivity index (χ3n) is 5.50. The first-order chi connectivity index (χ1) is 16.3. The van der Waals surface area contributed by atoms with Gasteiger partial charge in [0.2, 0.25) is 5.91 Å². The van der Waals surface area contributed by atoms with Gasteiger partial charge in [-0.3, -0.25) is 9.59 Å². The molecule has 3 atom stereocenters. The molecule has 2 amide bonds. The van der Waals surface area contributed by atoms with Crippen molar-refractivity contribution in [1.82, 2.24) is 10.6 Å². The van der Waals surface area contributed by atoms with Crippen molar-refractivity contribution in [1.29, 1.82) is 0 Å². The van der Waals surface area contributed by atoms with Crippen molar-refractivity contribution in [2.75, 3.05) is 12.3 Å². The molecule has 0 bridgehead atoms. The second-order valence-electron chi connectivity index (χ2n) is 8.56. The normalized spacial score (nSPS) is 18.0. The lowest BCUT2D eigenvalue weighted by Gasteiger charge is -2.21. The van der Waals surface area contributed by atoms with E-state index >= 15 is 0 Å². The number of hydrogen-bond acceptors (Lipinski definition) is 6. The van der Waals surface area contributed by atoms with Crippen LogP contribution in [0.3, 0.4) is 0 Å². The third-order valence-corrected chi connectivity index (χ3v) is 7.63. The highest BCUT2D eigenvalue weighted by Gasteiger charge is 2.29. The number of amides is 2. The van der Waals surface area contributed by atoms with Crippen molar-refractivity contribution in [3.8, 4) is 0 Å². The molecular formula is C25H31N3O5S. The summed E-state index contributed by atoms with van der Waals surface area (Å²) in [7, 11) is -3.38. The number of ether oxygens (including phenoxy) is 1. The van der Waals surface area contributed by atoms with E-state index in [0.29, 0.717) is 17.9 Å². The molecule has 1 unspecified atom stereocenters. The van der Waals surface area contributed by atoms with Gasteiger partial charge >= 0.3 is 5.97 Å². The van der Waals surface area contributed by atoms with Crippen molar-refractivity contribution >= 4 is 27.5 Å². The van der Waals surface area contributed by atoms with Crippen LogP contribution >= 0.6 is 0 Å². The van der Waals surface area contributed by atoms with Gasteiger partial charge in [0.05, 0.1) is 15.8 Å². The molecule has 2 aromatic rings. The molecule has 2 N–H and O–H groups in total. The SMILES string of the molecule is CC(C)[C@H](NC(=O)CS(=O)(=NC(=O)[C@@H]1CCCN1)c1ccccc1)C(=O)OCc1ccccc1. The van der Waals surface area contributed by atoms with Gasteiger partial charge in [-0.15, -0.1) is 0 Å². The highest BCUT2D eigenvalue weighted by molar-refractivity contribution is 7.94. The molecule has 1 saturated heterocycles. The van der Waals surface area contributed by atoms with Gasteiger partial charge in [-0.1, -0.05) is 62.4 Å². The number of nitrogens with zero attached hydrogens (tertiary/aromatic N) is 1. The number of esters is 1. The Hall–Kier alpha value is -3.04. The first kappa shape index (κ1) is 25.6. The summed E-state index contributed by atoms with van der Waals surface area (Å²) in [5.74, 6) is -2.55. The monoisotopic (exact) mass is 485 g/mol. The van der Waals surface area contributed by atoms with Crippen molar-refractivity contribution in [3.05, 3.63) is 66.2 Å². The Kier molecular flexibility index (Phi) is 8.95. The molecule has 2 aromatic carbocycles. The van der Waals surface area contributed by atoms with Crippen LogP contribution in [0.5, 0.6) is 0 Å². The van der Waals surface area contributed by atoms with E-state index in [4.69, 9.17) is 4.74 Å². The molecule has 9 heteroatoms. The minimum Gasteiger partial charge on any atom is -0.459 e. The standard InChI is InChI=1S/C25H31N3O5S/c1-18(2)23(25(31)33-16-19-10-5-3-6-11-19)27-22(29)17-34(32,20-12-7-4-8-13-20)28-24(30)21-14-9-15-26-21/h3-8,10-13,18,21,23,26H,9,14-17H2,1-2H3,(H,27,29)/t21-,23-,34?/m0/s1. The molecule has 1 heterocycles. The maximum atomic E-state index is 13.8. The van der Waals surface area contributed by atoms with Crippen LogP contribution in [0.25, 0.3) is 0 Å². The van der Waals surface area contributed by atoms with E-state index in [1.54, 1.807) is 44.2 Å². The predicted molar refractivity (Wildman–Crippen MR) is 129 cm³/mol. The number of carbonyl (C=O) groups is 3. The van der Waals surface area contributed by atoms with Gasteiger partial charge in [0, 0.05) is 4.90 Å². The van der Waals surface area contributed by atoms with Crippen LogP contribution in [0.4, 0.5) is 0 Å². The molecule has 0 radical (unpaired) electrons. The van der Waals surface area contributed by atoms with E-state index in [9.17, 15) is 18.6 Å². The van der Waals surface area contributed by atoms with Crippen LogP contribution in [0.2, 0.25) is 0 Å². The van der Waals surface area contributed by atoms with Crippen LogP contribution in [0.15, 0.2) is 69.9 Å². The fourth-order valence-electron chi connectivity index (χ4n) is 3.61. The average Bonchev–Trinajstić information content (AvgIpc) is 3.37. The first-order valence-electron chi connectivity index (χ1n) is 11.4. The van der Waals surface area contributed by atoms with E-state index in [0.717, 1.165) is 12.0 Å².